The lowest BCUT2D eigenvalue weighted by molar-refractivity contribution is 0.0887. The first-order valence-electron chi connectivity index (χ1n) is 5.75. The fourth-order valence-electron chi connectivity index (χ4n) is 1.64. The molecule has 0 radical (unpaired) electrons. The molecule has 0 aliphatic carbocycles. The van der Waals surface area contributed by atoms with Gasteiger partial charge in [0.25, 0.3) is 5.91 Å². The number of rotatable bonds is 5. The van der Waals surface area contributed by atoms with E-state index in [-0.39, 0.29) is 23.9 Å². The van der Waals surface area contributed by atoms with Crippen LogP contribution in [0, 0.1) is 0 Å². The molecule has 0 bridgehead atoms. The minimum Gasteiger partial charge on any atom is -0.505 e. The van der Waals surface area contributed by atoms with Gasteiger partial charge in [0.05, 0.1) is 5.54 Å². The number of aromatic nitrogens is 1. The molecule has 0 spiro atoms. The molecule has 1 heterocycles. The van der Waals surface area contributed by atoms with E-state index < -0.39 is 11.4 Å². The molecule has 1 rings (SSSR count). The normalized spacial score (nSPS) is 10.6. The van der Waals surface area contributed by atoms with Crippen LogP contribution in [0.2, 0.25) is 0 Å². The Bertz CT molecular complexity index is 386. The Kier molecular flexibility index (Phi) is 6.65. The molecule has 0 saturated carbocycles. The average molecular weight is 274 g/mol. The lowest BCUT2D eigenvalue weighted by Crippen LogP contribution is -2.53. The SMILES string of the molecule is CCC(CC)(CN)NC(=O)c1ncccc1O.Cl. The maximum Gasteiger partial charge on any atom is 0.274 e. The third-order valence-electron chi connectivity index (χ3n) is 3.12. The molecule has 1 amide bonds. The third kappa shape index (κ3) is 3.58. The van der Waals surface area contributed by atoms with Gasteiger partial charge in [-0.2, -0.15) is 0 Å². The lowest BCUT2D eigenvalue weighted by atomic mass is 9.92. The summed E-state index contributed by atoms with van der Waals surface area (Å²) >= 11 is 0. The Morgan fingerprint density at radius 2 is 2.11 bits per heavy atom. The van der Waals surface area contributed by atoms with Crippen molar-refractivity contribution in [2.24, 2.45) is 5.73 Å². The van der Waals surface area contributed by atoms with Gasteiger partial charge in [0.1, 0.15) is 5.75 Å². The van der Waals surface area contributed by atoms with Gasteiger partial charge in [0, 0.05) is 12.7 Å². The van der Waals surface area contributed by atoms with Crippen molar-refractivity contribution in [2.45, 2.75) is 32.2 Å². The molecular weight excluding hydrogens is 254 g/mol. The summed E-state index contributed by atoms with van der Waals surface area (Å²) in [6.45, 7) is 4.29. The molecule has 0 aliphatic heterocycles. The number of pyridine rings is 1. The molecular formula is C12H20ClN3O2. The predicted molar refractivity (Wildman–Crippen MR) is 73.0 cm³/mol. The summed E-state index contributed by atoms with van der Waals surface area (Å²) in [4.78, 5) is 15.8. The second kappa shape index (κ2) is 7.18. The standard InChI is InChI=1S/C12H19N3O2.ClH/c1-3-12(4-2,8-13)15-11(17)10-9(16)6-5-7-14-10;/h5-7,16H,3-4,8,13H2,1-2H3,(H,15,17);1H. The number of aromatic hydroxyl groups is 1. The van der Waals surface area contributed by atoms with Crippen LogP contribution in [0.25, 0.3) is 0 Å². The van der Waals surface area contributed by atoms with E-state index in [0.717, 1.165) is 12.8 Å². The number of nitrogens with zero attached hydrogens (tertiary/aromatic N) is 1. The molecule has 4 N–H and O–H groups in total. The van der Waals surface area contributed by atoms with Crippen molar-refractivity contribution in [3.8, 4) is 5.75 Å². The number of nitrogens with one attached hydrogen (secondary N) is 1. The molecule has 18 heavy (non-hydrogen) atoms. The second-order valence-corrected chi connectivity index (χ2v) is 4.02. The number of nitrogens with two attached hydrogens (primary N) is 1. The van der Waals surface area contributed by atoms with E-state index in [2.05, 4.69) is 10.3 Å². The molecule has 102 valence electrons. The highest BCUT2D eigenvalue weighted by atomic mass is 35.5. The number of hydrogen-bond acceptors (Lipinski definition) is 4. The first kappa shape index (κ1) is 16.7. The van der Waals surface area contributed by atoms with Crippen LogP contribution >= 0.6 is 12.4 Å². The van der Waals surface area contributed by atoms with Gasteiger partial charge in [0.15, 0.2) is 5.69 Å². The van der Waals surface area contributed by atoms with Crippen molar-refractivity contribution in [1.82, 2.24) is 10.3 Å². The number of carbonyl (C=O) groups excluding carboxylic acids is 1. The molecule has 1 aromatic rings. The van der Waals surface area contributed by atoms with Crippen LogP contribution in [0.4, 0.5) is 0 Å². The van der Waals surface area contributed by atoms with Crippen LogP contribution in [0.5, 0.6) is 5.75 Å². The van der Waals surface area contributed by atoms with Gasteiger partial charge >= 0.3 is 0 Å². The predicted octanol–water partition coefficient (Wildman–Crippen LogP) is 1.46. The van der Waals surface area contributed by atoms with Crippen molar-refractivity contribution in [1.29, 1.82) is 0 Å². The van der Waals surface area contributed by atoms with E-state index >= 15 is 0 Å². The summed E-state index contributed by atoms with van der Waals surface area (Å²) in [6, 6.07) is 3.01. The molecule has 0 aliphatic rings. The summed E-state index contributed by atoms with van der Waals surface area (Å²) in [5.74, 6) is -0.514. The zero-order valence-electron chi connectivity index (χ0n) is 10.6. The summed E-state index contributed by atoms with van der Waals surface area (Å²) in [5, 5.41) is 12.4. The zero-order chi connectivity index (χ0) is 12.9. The van der Waals surface area contributed by atoms with E-state index in [1.54, 1.807) is 6.07 Å². The minimum atomic E-state index is -0.430. The first-order chi connectivity index (χ1) is 8.08. The van der Waals surface area contributed by atoms with Gasteiger partial charge < -0.3 is 16.2 Å². The Labute approximate surface area is 113 Å². The van der Waals surface area contributed by atoms with Crippen LogP contribution in [0.15, 0.2) is 18.3 Å². The molecule has 6 heteroatoms. The van der Waals surface area contributed by atoms with Crippen molar-refractivity contribution < 1.29 is 9.90 Å². The van der Waals surface area contributed by atoms with Crippen LogP contribution in [-0.4, -0.2) is 28.1 Å². The monoisotopic (exact) mass is 273 g/mol. The van der Waals surface area contributed by atoms with E-state index in [1.165, 1.54) is 12.3 Å². The van der Waals surface area contributed by atoms with Gasteiger partial charge in [0.2, 0.25) is 0 Å². The van der Waals surface area contributed by atoms with Gasteiger partial charge in [-0.25, -0.2) is 4.98 Å². The Hall–Kier alpha value is -1.33. The Morgan fingerprint density at radius 3 is 2.56 bits per heavy atom. The summed E-state index contributed by atoms with van der Waals surface area (Å²) in [5.41, 5.74) is 5.30. The highest BCUT2D eigenvalue weighted by Crippen LogP contribution is 2.17. The summed E-state index contributed by atoms with van der Waals surface area (Å²) in [6.07, 6.45) is 2.94. The molecule has 0 aromatic carbocycles. The second-order valence-electron chi connectivity index (χ2n) is 4.02. The van der Waals surface area contributed by atoms with Gasteiger partial charge in [-0.1, -0.05) is 13.8 Å². The smallest absolute Gasteiger partial charge is 0.274 e. The molecule has 0 fully saturated rings. The van der Waals surface area contributed by atoms with Crippen molar-refractivity contribution >= 4 is 18.3 Å². The van der Waals surface area contributed by atoms with Gasteiger partial charge in [-0.3, -0.25) is 4.79 Å². The van der Waals surface area contributed by atoms with Gasteiger partial charge in [-0.05, 0) is 25.0 Å². The fraction of sp³-hybridized carbons (Fsp3) is 0.500. The molecule has 1 aromatic heterocycles. The summed E-state index contributed by atoms with van der Waals surface area (Å²) in [7, 11) is 0. The van der Waals surface area contributed by atoms with E-state index in [9.17, 15) is 9.90 Å². The number of hydrogen-bond donors (Lipinski definition) is 3. The molecule has 0 unspecified atom stereocenters. The van der Waals surface area contributed by atoms with Crippen LogP contribution in [0.3, 0.4) is 0 Å². The highest BCUT2D eigenvalue weighted by molar-refractivity contribution is 5.95. The van der Waals surface area contributed by atoms with E-state index in [4.69, 9.17) is 5.73 Å². The maximum atomic E-state index is 12.0. The molecule has 5 nitrogen and oxygen atoms in total. The van der Waals surface area contributed by atoms with Crippen molar-refractivity contribution in [3.63, 3.8) is 0 Å². The van der Waals surface area contributed by atoms with E-state index in [1.807, 2.05) is 13.8 Å². The third-order valence-corrected chi connectivity index (χ3v) is 3.12. The van der Waals surface area contributed by atoms with Crippen molar-refractivity contribution in [2.75, 3.05) is 6.54 Å². The van der Waals surface area contributed by atoms with E-state index in [0.29, 0.717) is 6.54 Å². The number of halogens is 1. The average Bonchev–Trinajstić information content (AvgIpc) is 2.36. The fourth-order valence-corrected chi connectivity index (χ4v) is 1.64. The highest BCUT2D eigenvalue weighted by Gasteiger charge is 2.28. The number of carbonyl (C=O) groups is 1. The lowest BCUT2D eigenvalue weighted by Gasteiger charge is -2.31. The quantitative estimate of drug-likeness (QED) is 0.758. The van der Waals surface area contributed by atoms with Crippen LogP contribution < -0.4 is 11.1 Å². The molecule has 0 saturated heterocycles. The first-order valence-corrected chi connectivity index (χ1v) is 5.75. The van der Waals surface area contributed by atoms with Crippen molar-refractivity contribution in [3.05, 3.63) is 24.0 Å². The van der Waals surface area contributed by atoms with Gasteiger partial charge in [-0.15, -0.1) is 12.4 Å². The maximum absolute atomic E-state index is 12.0. The topological polar surface area (TPSA) is 88.2 Å². The number of amides is 1. The Morgan fingerprint density at radius 1 is 1.50 bits per heavy atom. The zero-order valence-corrected chi connectivity index (χ0v) is 11.5. The minimum absolute atomic E-state index is 0. The van der Waals surface area contributed by atoms with Crippen LogP contribution in [0.1, 0.15) is 37.2 Å². The largest absolute Gasteiger partial charge is 0.505 e. The molecule has 0 atom stereocenters. The summed E-state index contributed by atoms with van der Waals surface area (Å²) < 4.78 is 0. The Balaban J connectivity index is 0.00000289. The van der Waals surface area contributed by atoms with Crippen LogP contribution in [-0.2, 0) is 0 Å².